The summed E-state index contributed by atoms with van der Waals surface area (Å²) in [6.45, 7) is 2.41. The summed E-state index contributed by atoms with van der Waals surface area (Å²) in [7, 11) is 0. The third-order valence-electron chi connectivity index (χ3n) is 2.70. The Hall–Kier alpha value is -0.480. The van der Waals surface area contributed by atoms with Gasteiger partial charge in [0.2, 0.25) is 0 Å². The fraction of sp³-hybridized carbons (Fsp3) is 0.700. The number of rotatable bonds is 4. The third kappa shape index (κ3) is 3.03. The molecule has 0 saturated carbocycles. The second-order valence-corrected chi connectivity index (χ2v) is 4.81. The van der Waals surface area contributed by atoms with Crippen LogP contribution in [0.1, 0.15) is 19.3 Å². The molecule has 1 aromatic heterocycles. The van der Waals surface area contributed by atoms with Gasteiger partial charge in [0.1, 0.15) is 0 Å². The Morgan fingerprint density at radius 1 is 1.43 bits per heavy atom. The number of hydrogen-bond acceptors (Lipinski definition) is 3. The van der Waals surface area contributed by atoms with E-state index in [9.17, 15) is 0 Å². The van der Waals surface area contributed by atoms with Crippen LogP contribution in [-0.4, -0.2) is 28.8 Å². The molecule has 1 aliphatic heterocycles. The van der Waals surface area contributed by atoms with Crippen molar-refractivity contribution in [2.45, 2.75) is 24.4 Å². The van der Waals surface area contributed by atoms with Crippen LogP contribution in [0.25, 0.3) is 0 Å². The van der Waals surface area contributed by atoms with Gasteiger partial charge in [-0.1, -0.05) is 11.8 Å². The number of piperidine rings is 1. The second kappa shape index (κ2) is 5.41. The normalized spacial score (nSPS) is 18.6. The molecular formula is C10H17N3S. The van der Waals surface area contributed by atoms with Gasteiger partial charge < -0.3 is 10.3 Å². The van der Waals surface area contributed by atoms with Gasteiger partial charge in [-0.2, -0.15) is 0 Å². The molecule has 2 N–H and O–H groups in total. The zero-order valence-corrected chi connectivity index (χ0v) is 9.15. The van der Waals surface area contributed by atoms with Crippen molar-refractivity contribution in [2.24, 2.45) is 5.92 Å². The average molecular weight is 211 g/mol. The highest BCUT2D eigenvalue weighted by atomic mass is 32.2. The largest absolute Gasteiger partial charge is 0.340 e. The maximum Gasteiger partial charge on any atom is 0.165 e. The van der Waals surface area contributed by atoms with Crippen LogP contribution >= 0.6 is 11.8 Å². The highest BCUT2D eigenvalue weighted by Gasteiger charge is 2.12. The Bertz CT molecular complexity index is 242. The van der Waals surface area contributed by atoms with Crippen molar-refractivity contribution in [2.75, 3.05) is 18.8 Å². The van der Waals surface area contributed by atoms with E-state index in [0.717, 1.165) is 11.1 Å². The molecule has 1 aliphatic rings. The Kier molecular flexibility index (Phi) is 3.89. The Balaban J connectivity index is 1.62. The molecule has 1 fully saturated rings. The molecule has 78 valence electrons. The molecule has 2 rings (SSSR count). The molecule has 14 heavy (non-hydrogen) atoms. The number of hydrogen-bond donors (Lipinski definition) is 2. The van der Waals surface area contributed by atoms with E-state index in [2.05, 4.69) is 15.3 Å². The highest BCUT2D eigenvalue weighted by molar-refractivity contribution is 7.99. The molecule has 0 aliphatic carbocycles. The van der Waals surface area contributed by atoms with Crippen molar-refractivity contribution in [3.63, 3.8) is 0 Å². The number of nitrogens with one attached hydrogen (secondary N) is 2. The van der Waals surface area contributed by atoms with Gasteiger partial charge in [0.25, 0.3) is 0 Å². The standard InChI is InChI=1S/C10H17N3S/c1-4-11-5-2-9(1)3-8-14-10-12-6-7-13-10/h6-7,9,11H,1-5,8H2,(H,12,13). The van der Waals surface area contributed by atoms with Crippen molar-refractivity contribution in [1.82, 2.24) is 15.3 Å². The van der Waals surface area contributed by atoms with Crippen LogP contribution in [0.2, 0.25) is 0 Å². The maximum absolute atomic E-state index is 4.19. The predicted octanol–water partition coefficient (Wildman–Crippen LogP) is 1.89. The van der Waals surface area contributed by atoms with Gasteiger partial charge in [0.15, 0.2) is 5.16 Å². The van der Waals surface area contributed by atoms with Gasteiger partial charge in [0, 0.05) is 18.1 Å². The molecular weight excluding hydrogens is 194 g/mol. The number of H-pyrrole nitrogens is 1. The summed E-state index contributed by atoms with van der Waals surface area (Å²) in [6.07, 6.45) is 7.71. The van der Waals surface area contributed by atoms with Gasteiger partial charge >= 0.3 is 0 Å². The van der Waals surface area contributed by atoms with Crippen molar-refractivity contribution in [3.8, 4) is 0 Å². The van der Waals surface area contributed by atoms with E-state index >= 15 is 0 Å². The van der Waals surface area contributed by atoms with Crippen LogP contribution in [0, 0.1) is 5.92 Å². The zero-order chi connectivity index (χ0) is 9.64. The second-order valence-electron chi connectivity index (χ2n) is 3.72. The van der Waals surface area contributed by atoms with E-state index in [1.54, 1.807) is 0 Å². The first-order valence-electron chi connectivity index (χ1n) is 5.28. The van der Waals surface area contributed by atoms with Crippen LogP contribution in [0.3, 0.4) is 0 Å². The number of aromatic amines is 1. The van der Waals surface area contributed by atoms with E-state index in [-0.39, 0.29) is 0 Å². The van der Waals surface area contributed by atoms with Crippen molar-refractivity contribution in [3.05, 3.63) is 12.4 Å². The van der Waals surface area contributed by atoms with E-state index in [4.69, 9.17) is 0 Å². The van der Waals surface area contributed by atoms with E-state index < -0.39 is 0 Å². The lowest BCUT2D eigenvalue weighted by atomic mass is 9.96. The molecule has 0 bridgehead atoms. The number of nitrogens with zero attached hydrogens (tertiary/aromatic N) is 1. The predicted molar refractivity (Wildman–Crippen MR) is 59.5 cm³/mol. The molecule has 0 unspecified atom stereocenters. The highest BCUT2D eigenvalue weighted by Crippen LogP contribution is 2.21. The van der Waals surface area contributed by atoms with Crippen molar-refractivity contribution >= 4 is 11.8 Å². The first-order valence-corrected chi connectivity index (χ1v) is 6.26. The average Bonchev–Trinajstić information content (AvgIpc) is 2.72. The maximum atomic E-state index is 4.19. The van der Waals surface area contributed by atoms with E-state index in [1.165, 1.54) is 38.1 Å². The van der Waals surface area contributed by atoms with E-state index in [1.807, 2.05) is 24.2 Å². The van der Waals surface area contributed by atoms with Crippen LogP contribution in [0.5, 0.6) is 0 Å². The minimum atomic E-state index is 0.929. The summed E-state index contributed by atoms with van der Waals surface area (Å²) in [5.41, 5.74) is 0. The van der Waals surface area contributed by atoms with Gasteiger partial charge in [-0.25, -0.2) is 4.98 Å². The number of aromatic nitrogens is 2. The Morgan fingerprint density at radius 3 is 3.00 bits per heavy atom. The lowest BCUT2D eigenvalue weighted by Crippen LogP contribution is -2.27. The smallest absolute Gasteiger partial charge is 0.165 e. The first-order chi connectivity index (χ1) is 6.95. The van der Waals surface area contributed by atoms with Crippen molar-refractivity contribution in [1.29, 1.82) is 0 Å². The summed E-state index contributed by atoms with van der Waals surface area (Å²) < 4.78 is 0. The number of thioether (sulfide) groups is 1. The van der Waals surface area contributed by atoms with Gasteiger partial charge in [-0.3, -0.25) is 0 Å². The van der Waals surface area contributed by atoms with Crippen LogP contribution in [0.4, 0.5) is 0 Å². The molecule has 0 spiro atoms. The molecule has 1 aromatic rings. The lowest BCUT2D eigenvalue weighted by molar-refractivity contribution is 0.367. The van der Waals surface area contributed by atoms with Crippen LogP contribution in [-0.2, 0) is 0 Å². The molecule has 1 saturated heterocycles. The van der Waals surface area contributed by atoms with Crippen LogP contribution in [0.15, 0.2) is 17.6 Å². The molecule has 0 aromatic carbocycles. The summed E-state index contributed by atoms with van der Waals surface area (Å²) in [4.78, 5) is 7.31. The van der Waals surface area contributed by atoms with E-state index in [0.29, 0.717) is 0 Å². The van der Waals surface area contributed by atoms with Crippen molar-refractivity contribution < 1.29 is 0 Å². The fourth-order valence-electron chi connectivity index (χ4n) is 1.82. The summed E-state index contributed by atoms with van der Waals surface area (Å²) in [5.74, 6) is 2.12. The summed E-state index contributed by atoms with van der Waals surface area (Å²) in [6, 6.07) is 0. The minimum absolute atomic E-state index is 0.929. The fourth-order valence-corrected chi connectivity index (χ4v) is 2.75. The summed E-state index contributed by atoms with van der Waals surface area (Å²) in [5, 5.41) is 4.45. The van der Waals surface area contributed by atoms with Gasteiger partial charge in [-0.15, -0.1) is 0 Å². The SMILES string of the molecule is c1c[nH]c(SCCC2CCNCC2)n1. The minimum Gasteiger partial charge on any atom is -0.340 e. The van der Waals surface area contributed by atoms with Gasteiger partial charge in [-0.05, 0) is 38.3 Å². The van der Waals surface area contributed by atoms with Crippen LogP contribution < -0.4 is 5.32 Å². The summed E-state index contributed by atoms with van der Waals surface area (Å²) >= 11 is 1.83. The molecule has 0 amide bonds. The topological polar surface area (TPSA) is 40.7 Å². The lowest BCUT2D eigenvalue weighted by Gasteiger charge is -2.21. The monoisotopic (exact) mass is 211 g/mol. The molecule has 3 nitrogen and oxygen atoms in total. The molecule has 0 atom stereocenters. The Labute approximate surface area is 89.1 Å². The quantitative estimate of drug-likeness (QED) is 0.747. The molecule has 2 heterocycles. The third-order valence-corrected chi connectivity index (χ3v) is 3.63. The Morgan fingerprint density at radius 2 is 2.29 bits per heavy atom. The molecule has 4 heteroatoms. The number of imidazole rings is 1. The zero-order valence-electron chi connectivity index (χ0n) is 8.33. The van der Waals surface area contributed by atoms with Gasteiger partial charge in [0.05, 0.1) is 0 Å². The molecule has 0 radical (unpaired) electrons. The first kappa shape index (κ1) is 10.1.